The molecule has 1 aliphatic heterocycles. The number of carbonyl (C=O) groups excluding carboxylic acids is 2. The molecule has 0 N–H and O–H groups in total. The van der Waals surface area contributed by atoms with Crippen molar-refractivity contribution in [2.24, 2.45) is 5.92 Å². The van der Waals surface area contributed by atoms with E-state index in [9.17, 15) is 9.59 Å². The van der Waals surface area contributed by atoms with E-state index < -0.39 is 11.9 Å². The van der Waals surface area contributed by atoms with E-state index in [1.165, 1.54) is 4.90 Å². The Morgan fingerprint density at radius 2 is 1.80 bits per heavy atom. The van der Waals surface area contributed by atoms with Gasteiger partial charge in [0.2, 0.25) is 5.91 Å². The molecule has 2 aromatic carbocycles. The van der Waals surface area contributed by atoms with Crippen molar-refractivity contribution in [2.45, 2.75) is 6.42 Å². The van der Waals surface area contributed by atoms with Crippen molar-refractivity contribution in [1.29, 1.82) is 0 Å². The maximum absolute atomic E-state index is 12.4. The van der Waals surface area contributed by atoms with E-state index in [1.807, 2.05) is 0 Å². The number of esters is 1. The summed E-state index contributed by atoms with van der Waals surface area (Å²) in [6, 6.07) is 11.7. The van der Waals surface area contributed by atoms with E-state index in [-0.39, 0.29) is 18.9 Å². The molecule has 0 spiro atoms. The van der Waals surface area contributed by atoms with Gasteiger partial charge in [0.1, 0.15) is 11.5 Å². The largest absolute Gasteiger partial charge is 0.497 e. The molecule has 2 aromatic rings. The Bertz CT molecular complexity index is 807. The van der Waals surface area contributed by atoms with Crippen molar-refractivity contribution in [3.8, 4) is 11.5 Å². The normalized spacial score (nSPS) is 16.8. The zero-order chi connectivity index (χ0) is 18.0. The third-order valence-corrected chi connectivity index (χ3v) is 4.77. The van der Waals surface area contributed by atoms with Crippen molar-refractivity contribution in [2.75, 3.05) is 18.6 Å². The second-order valence-corrected chi connectivity index (χ2v) is 6.36. The molecule has 0 radical (unpaired) electrons. The van der Waals surface area contributed by atoms with Crippen molar-refractivity contribution in [1.82, 2.24) is 0 Å². The second-order valence-electron chi connectivity index (χ2n) is 5.57. The number of amides is 1. The molecular weight excluding hydrogens is 365 g/mol. The summed E-state index contributed by atoms with van der Waals surface area (Å²) in [5.41, 5.74) is 0.499. The van der Waals surface area contributed by atoms with Gasteiger partial charge >= 0.3 is 5.97 Å². The molecule has 1 amide bonds. The minimum absolute atomic E-state index is 0.0673. The Balaban J connectivity index is 1.71. The molecule has 1 atom stereocenters. The summed E-state index contributed by atoms with van der Waals surface area (Å²) in [6.07, 6.45) is 0.0673. The average Bonchev–Trinajstić information content (AvgIpc) is 3.00. The number of halogens is 2. The molecule has 0 unspecified atom stereocenters. The van der Waals surface area contributed by atoms with E-state index in [0.29, 0.717) is 27.2 Å². The van der Waals surface area contributed by atoms with Crippen LogP contribution >= 0.6 is 23.2 Å². The predicted molar refractivity (Wildman–Crippen MR) is 95.6 cm³/mol. The van der Waals surface area contributed by atoms with Crippen LogP contribution in [0, 0.1) is 5.92 Å². The highest BCUT2D eigenvalue weighted by atomic mass is 35.5. The van der Waals surface area contributed by atoms with Crippen LogP contribution in [0.25, 0.3) is 0 Å². The summed E-state index contributed by atoms with van der Waals surface area (Å²) >= 11 is 12.2. The summed E-state index contributed by atoms with van der Waals surface area (Å²) in [4.78, 5) is 26.1. The summed E-state index contributed by atoms with van der Waals surface area (Å²) in [5.74, 6) is -0.153. The zero-order valence-electron chi connectivity index (χ0n) is 13.4. The second kappa shape index (κ2) is 7.33. The molecule has 0 aliphatic carbocycles. The van der Waals surface area contributed by atoms with Gasteiger partial charge in [-0.2, -0.15) is 0 Å². The number of hydrogen-bond donors (Lipinski definition) is 0. The number of nitrogens with zero attached hydrogens (tertiary/aromatic N) is 1. The molecule has 130 valence electrons. The fourth-order valence-electron chi connectivity index (χ4n) is 2.64. The maximum atomic E-state index is 12.4. The van der Waals surface area contributed by atoms with Crippen molar-refractivity contribution >= 4 is 40.8 Å². The number of carbonyl (C=O) groups is 2. The van der Waals surface area contributed by atoms with Gasteiger partial charge in [0, 0.05) is 13.0 Å². The first kappa shape index (κ1) is 17.6. The highest BCUT2D eigenvalue weighted by Gasteiger charge is 2.37. The molecule has 1 heterocycles. The molecule has 1 fully saturated rings. The fraction of sp³-hybridized carbons (Fsp3) is 0.222. The molecule has 3 rings (SSSR count). The van der Waals surface area contributed by atoms with Crippen molar-refractivity contribution in [3.63, 3.8) is 0 Å². The maximum Gasteiger partial charge on any atom is 0.316 e. The third kappa shape index (κ3) is 3.72. The average molecular weight is 380 g/mol. The Labute approximate surface area is 155 Å². The van der Waals surface area contributed by atoms with Crippen LogP contribution in [0.5, 0.6) is 11.5 Å². The van der Waals surface area contributed by atoms with Gasteiger partial charge in [-0.15, -0.1) is 0 Å². The smallest absolute Gasteiger partial charge is 0.316 e. The number of rotatable bonds is 4. The van der Waals surface area contributed by atoms with Crippen LogP contribution in [0.3, 0.4) is 0 Å². The lowest BCUT2D eigenvalue weighted by atomic mass is 10.1. The lowest BCUT2D eigenvalue weighted by molar-refractivity contribution is -0.139. The highest BCUT2D eigenvalue weighted by Crippen LogP contribution is 2.36. The Morgan fingerprint density at radius 3 is 2.48 bits per heavy atom. The van der Waals surface area contributed by atoms with Crippen LogP contribution in [-0.2, 0) is 9.59 Å². The standard InChI is InChI=1S/C18H15Cl2NO4/c1-24-12-5-7-13(8-6-12)25-18(23)11-9-16(22)21(10-11)15-4-2-3-14(19)17(15)20/h2-8,11H,9-10H2,1H3/t11-/m1/s1. The molecule has 1 aliphatic rings. The lowest BCUT2D eigenvalue weighted by Gasteiger charge is -2.18. The summed E-state index contributed by atoms with van der Waals surface area (Å²) in [5, 5.41) is 0.651. The van der Waals surface area contributed by atoms with Gasteiger partial charge in [-0.05, 0) is 36.4 Å². The van der Waals surface area contributed by atoms with Gasteiger partial charge in [0.15, 0.2) is 0 Å². The molecular formula is C18H15Cl2NO4. The third-order valence-electron chi connectivity index (χ3n) is 3.96. The SMILES string of the molecule is COc1ccc(OC(=O)[C@@H]2CC(=O)N(c3cccc(Cl)c3Cl)C2)cc1. The van der Waals surface area contributed by atoms with Gasteiger partial charge in [-0.1, -0.05) is 29.3 Å². The van der Waals surface area contributed by atoms with E-state index in [1.54, 1.807) is 49.6 Å². The van der Waals surface area contributed by atoms with Gasteiger partial charge in [0.05, 0.1) is 28.8 Å². The van der Waals surface area contributed by atoms with Crippen molar-refractivity contribution in [3.05, 3.63) is 52.5 Å². The molecule has 0 bridgehead atoms. The first-order valence-electron chi connectivity index (χ1n) is 7.59. The minimum Gasteiger partial charge on any atom is -0.497 e. The van der Waals surface area contributed by atoms with Crippen LogP contribution in [0.4, 0.5) is 5.69 Å². The fourth-order valence-corrected chi connectivity index (χ4v) is 3.04. The summed E-state index contributed by atoms with van der Waals surface area (Å²) in [7, 11) is 1.56. The van der Waals surface area contributed by atoms with Crippen LogP contribution < -0.4 is 14.4 Å². The van der Waals surface area contributed by atoms with Gasteiger partial charge in [-0.25, -0.2) is 0 Å². The van der Waals surface area contributed by atoms with Gasteiger partial charge < -0.3 is 14.4 Å². The zero-order valence-corrected chi connectivity index (χ0v) is 14.9. The van der Waals surface area contributed by atoms with E-state index in [4.69, 9.17) is 32.7 Å². The Hall–Kier alpha value is -2.24. The van der Waals surface area contributed by atoms with Crippen LogP contribution in [0.1, 0.15) is 6.42 Å². The molecule has 1 saturated heterocycles. The molecule has 0 saturated carbocycles. The lowest BCUT2D eigenvalue weighted by Crippen LogP contribution is -2.27. The van der Waals surface area contributed by atoms with Crippen LogP contribution in [0.15, 0.2) is 42.5 Å². The van der Waals surface area contributed by atoms with E-state index in [0.717, 1.165) is 0 Å². The molecule has 25 heavy (non-hydrogen) atoms. The summed E-state index contributed by atoms with van der Waals surface area (Å²) in [6.45, 7) is 0.202. The molecule has 0 aromatic heterocycles. The number of ether oxygens (including phenoxy) is 2. The van der Waals surface area contributed by atoms with Crippen molar-refractivity contribution < 1.29 is 19.1 Å². The monoisotopic (exact) mass is 379 g/mol. The Morgan fingerprint density at radius 1 is 1.12 bits per heavy atom. The number of anilines is 1. The first-order chi connectivity index (χ1) is 12.0. The van der Waals surface area contributed by atoms with Gasteiger partial charge in [-0.3, -0.25) is 9.59 Å². The number of methoxy groups -OCH3 is 1. The number of benzene rings is 2. The highest BCUT2D eigenvalue weighted by molar-refractivity contribution is 6.44. The van der Waals surface area contributed by atoms with E-state index in [2.05, 4.69) is 0 Å². The molecule has 7 heteroatoms. The van der Waals surface area contributed by atoms with E-state index >= 15 is 0 Å². The minimum atomic E-state index is -0.565. The molecule has 5 nitrogen and oxygen atoms in total. The first-order valence-corrected chi connectivity index (χ1v) is 8.35. The van der Waals surface area contributed by atoms with Crippen LogP contribution in [0.2, 0.25) is 10.0 Å². The number of hydrogen-bond acceptors (Lipinski definition) is 4. The topological polar surface area (TPSA) is 55.8 Å². The predicted octanol–water partition coefficient (Wildman–Crippen LogP) is 3.96. The Kier molecular flexibility index (Phi) is 5.16. The van der Waals surface area contributed by atoms with Crippen LogP contribution in [-0.4, -0.2) is 25.5 Å². The quantitative estimate of drug-likeness (QED) is 0.595. The van der Waals surface area contributed by atoms with Gasteiger partial charge in [0.25, 0.3) is 0 Å². The summed E-state index contributed by atoms with van der Waals surface area (Å²) < 4.78 is 10.4.